The van der Waals surface area contributed by atoms with Gasteiger partial charge in [-0.3, -0.25) is 5.73 Å². The number of nitrogens with one attached hydrogen (secondary N) is 4. The Balaban J connectivity index is 1.87. The molecule has 3 rings (SSSR count). The first-order valence-electron chi connectivity index (χ1n) is 7.96. The first kappa shape index (κ1) is 15.5. The van der Waals surface area contributed by atoms with Crippen LogP contribution >= 0.6 is 0 Å². The third-order valence-corrected chi connectivity index (χ3v) is 4.37. The second-order valence-corrected chi connectivity index (χ2v) is 6.00. The maximum atomic E-state index is 6.05. The van der Waals surface area contributed by atoms with Gasteiger partial charge in [-0.05, 0) is 25.0 Å². The van der Waals surface area contributed by atoms with Crippen LogP contribution in [-0.4, -0.2) is 31.8 Å². The summed E-state index contributed by atoms with van der Waals surface area (Å²) in [4.78, 5) is 6.88. The highest BCUT2D eigenvalue weighted by molar-refractivity contribution is 6.01. The number of guanidine groups is 2. The monoisotopic (exact) mass is 319 g/mol. The molecular formula is C16H25N5O2+2. The summed E-state index contributed by atoms with van der Waals surface area (Å²) >= 11 is 0. The van der Waals surface area contributed by atoms with Crippen LogP contribution < -0.4 is 35.8 Å². The fraction of sp³-hybridized carbons (Fsp3) is 0.500. The summed E-state index contributed by atoms with van der Waals surface area (Å²) in [6, 6.07) is 5.62. The fourth-order valence-electron chi connectivity index (χ4n) is 3.24. The van der Waals surface area contributed by atoms with Crippen molar-refractivity contribution >= 4 is 17.6 Å². The largest absolute Gasteiger partial charge is 0.497 e. The SMILES string of the molecule is COc1ccc(OC)c(NC2=[NH+]C3(CCCCC3)[NH+]=C(N)N2)c1. The maximum Gasteiger partial charge on any atom is 0.361 e. The van der Waals surface area contributed by atoms with Gasteiger partial charge >= 0.3 is 11.9 Å². The number of rotatable bonds is 3. The van der Waals surface area contributed by atoms with Gasteiger partial charge in [0, 0.05) is 18.9 Å². The number of methoxy groups -OCH3 is 2. The molecule has 0 unspecified atom stereocenters. The second kappa shape index (κ2) is 6.36. The summed E-state index contributed by atoms with van der Waals surface area (Å²) in [7, 11) is 3.28. The number of nitrogens with two attached hydrogens (primary N) is 1. The highest BCUT2D eigenvalue weighted by Crippen LogP contribution is 2.28. The molecule has 1 saturated carbocycles. The molecule has 1 aromatic carbocycles. The first-order chi connectivity index (χ1) is 11.1. The molecule has 23 heavy (non-hydrogen) atoms. The molecule has 6 N–H and O–H groups in total. The van der Waals surface area contributed by atoms with Crippen molar-refractivity contribution in [3.63, 3.8) is 0 Å². The van der Waals surface area contributed by atoms with Crippen LogP contribution in [0.1, 0.15) is 32.1 Å². The molecule has 0 aromatic heterocycles. The minimum atomic E-state index is -0.179. The molecule has 0 atom stereocenters. The van der Waals surface area contributed by atoms with E-state index in [1.165, 1.54) is 19.3 Å². The summed E-state index contributed by atoms with van der Waals surface area (Å²) in [6.07, 6.45) is 5.71. The number of ether oxygens (including phenoxy) is 2. The van der Waals surface area contributed by atoms with E-state index < -0.39 is 0 Å². The van der Waals surface area contributed by atoms with Crippen LogP contribution in [0.15, 0.2) is 18.2 Å². The molecule has 0 saturated heterocycles. The van der Waals surface area contributed by atoms with Gasteiger partial charge in [-0.15, -0.1) is 0 Å². The standard InChI is InChI=1S/C16H23N5O2/c1-22-11-6-7-13(23-2)12(10-11)18-15-19-14(17)20-16(21-15)8-4-3-5-9-16/h6-7,10H,3-5,8-9H2,1-2H3,(H4,17,18,19,20,21)/p+2. The Morgan fingerprint density at radius 2 is 1.91 bits per heavy atom. The topological polar surface area (TPSA) is 96.5 Å². The molecule has 0 radical (unpaired) electrons. The van der Waals surface area contributed by atoms with Gasteiger partial charge in [0.05, 0.1) is 14.2 Å². The van der Waals surface area contributed by atoms with Crippen LogP contribution in [0.3, 0.4) is 0 Å². The lowest BCUT2D eigenvalue weighted by atomic mass is 9.90. The van der Waals surface area contributed by atoms with Gasteiger partial charge in [-0.25, -0.2) is 15.3 Å². The average molecular weight is 319 g/mol. The molecular weight excluding hydrogens is 294 g/mol. The molecule has 0 amide bonds. The highest BCUT2D eigenvalue weighted by atomic mass is 16.5. The maximum absolute atomic E-state index is 6.05. The van der Waals surface area contributed by atoms with Crippen molar-refractivity contribution in [3.05, 3.63) is 18.2 Å². The molecule has 1 aliphatic carbocycles. The Hall–Kier alpha value is -2.44. The van der Waals surface area contributed by atoms with Gasteiger partial charge in [-0.1, -0.05) is 6.42 Å². The van der Waals surface area contributed by atoms with E-state index in [0.29, 0.717) is 5.96 Å². The summed E-state index contributed by atoms with van der Waals surface area (Å²) < 4.78 is 10.7. The zero-order valence-electron chi connectivity index (χ0n) is 13.7. The summed E-state index contributed by atoms with van der Waals surface area (Å²) in [6.45, 7) is 0. The molecule has 1 fully saturated rings. The molecule has 1 heterocycles. The molecule has 1 aromatic rings. The van der Waals surface area contributed by atoms with Crippen molar-refractivity contribution in [1.29, 1.82) is 0 Å². The minimum Gasteiger partial charge on any atom is -0.497 e. The smallest absolute Gasteiger partial charge is 0.361 e. The lowest BCUT2D eigenvalue weighted by molar-refractivity contribution is -0.803. The Bertz CT molecular complexity index is 635. The average Bonchev–Trinajstić information content (AvgIpc) is 2.54. The third kappa shape index (κ3) is 3.33. The van der Waals surface area contributed by atoms with Crippen molar-refractivity contribution in [1.82, 2.24) is 5.32 Å². The predicted molar refractivity (Wildman–Crippen MR) is 88.2 cm³/mol. The zero-order chi connectivity index (χ0) is 16.3. The van der Waals surface area contributed by atoms with E-state index in [9.17, 15) is 0 Å². The van der Waals surface area contributed by atoms with Crippen LogP contribution in [0, 0.1) is 0 Å². The summed E-state index contributed by atoms with van der Waals surface area (Å²) in [5.74, 6) is 2.79. The lowest BCUT2D eigenvalue weighted by Gasteiger charge is -2.30. The minimum absolute atomic E-state index is 0.179. The van der Waals surface area contributed by atoms with Crippen LogP contribution in [0.2, 0.25) is 0 Å². The van der Waals surface area contributed by atoms with Crippen LogP contribution in [0.25, 0.3) is 0 Å². The Morgan fingerprint density at radius 3 is 2.61 bits per heavy atom. The lowest BCUT2D eigenvalue weighted by Crippen LogP contribution is -3.15. The van der Waals surface area contributed by atoms with E-state index in [0.717, 1.165) is 36.0 Å². The molecule has 1 aliphatic heterocycles. The number of anilines is 1. The van der Waals surface area contributed by atoms with Crippen molar-refractivity contribution in [2.75, 3.05) is 19.5 Å². The van der Waals surface area contributed by atoms with E-state index in [1.807, 2.05) is 18.2 Å². The molecule has 0 bridgehead atoms. The van der Waals surface area contributed by atoms with Crippen molar-refractivity contribution in [2.24, 2.45) is 5.73 Å². The van der Waals surface area contributed by atoms with E-state index in [-0.39, 0.29) is 5.66 Å². The Labute approximate surface area is 136 Å². The normalized spacial score (nSPS) is 19.4. The molecule has 2 aliphatic rings. The van der Waals surface area contributed by atoms with E-state index in [4.69, 9.17) is 15.2 Å². The number of hydrogen-bond donors (Lipinski definition) is 5. The molecule has 7 nitrogen and oxygen atoms in total. The first-order valence-corrected chi connectivity index (χ1v) is 7.96. The van der Waals surface area contributed by atoms with Gasteiger partial charge in [0.15, 0.2) is 5.75 Å². The van der Waals surface area contributed by atoms with E-state index in [2.05, 4.69) is 20.6 Å². The zero-order valence-corrected chi connectivity index (χ0v) is 13.7. The van der Waals surface area contributed by atoms with Crippen LogP contribution in [0.5, 0.6) is 11.5 Å². The van der Waals surface area contributed by atoms with Gasteiger partial charge in [0.1, 0.15) is 11.4 Å². The van der Waals surface area contributed by atoms with Gasteiger partial charge in [0.2, 0.25) is 5.66 Å². The highest BCUT2D eigenvalue weighted by Gasteiger charge is 2.38. The van der Waals surface area contributed by atoms with Crippen LogP contribution in [0.4, 0.5) is 5.69 Å². The Kier molecular flexibility index (Phi) is 4.27. The van der Waals surface area contributed by atoms with E-state index in [1.54, 1.807) is 14.2 Å². The molecule has 124 valence electrons. The summed E-state index contributed by atoms with van der Waals surface area (Å²) in [5, 5.41) is 6.43. The number of benzene rings is 1. The number of hydrogen-bond acceptors (Lipinski definition) is 5. The van der Waals surface area contributed by atoms with Crippen molar-refractivity contribution in [3.8, 4) is 11.5 Å². The van der Waals surface area contributed by atoms with Gasteiger partial charge in [-0.2, -0.15) is 5.32 Å². The second-order valence-electron chi connectivity index (χ2n) is 6.00. The quantitative estimate of drug-likeness (QED) is 0.454. The Morgan fingerprint density at radius 1 is 1.13 bits per heavy atom. The van der Waals surface area contributed by atoms with Crippen molar-refractivity contribution in [2.45, 2.75) is 37.8 Å². The molecule has 1 spiro atoms. The predicted octanol–water partition coefficient (Wildman–Crippen LogP) is -1.79. The van der Waals surface area contributed by atoms with Crippen molar-refractivity contribution < 1.29 is 19.5 Å². The fourth-order valence-corrected chi connectivity index (χ4v) is 3.24. The summed E-state index contributed by atoms with van der Waals surface area (Å²) in [5.41, 5.74) is 6.68. The third-order valence-electron chi connectivity index (χ3n) is 4.37. The van der Waals surface area contributed by atoms with Gasteiger partial charge in [0.25, 0.3) is 0 Å². The van der Waals surface area contributed by atoms with Crippen LogP contribution in [-0.2, 0) is 0 Å². The molecule has 7 heteroatoms. The van der Waals surface area contributed by atoms with E-state index >= 15 is 0 Å². The van der Waals surface area contributed by atoms with Gasteiger partial charge < -0.3 is 9.47 Å².